The van der Waals surface area contributed by atoms with Crippen molar-refractivity contribution in [1.82, 2.24) is 0 Å². The van der Waals surface area contributed by atoms with Crippen LogP contribution in [0, 0.1) is 0 Å². The first-order valence-corrected chi connectivity index (χ1v) is 5.58. The number of allylic oxidation sites excluding steroid dienone is 5. The lowest BCUT2D eigenvalue weighted by molar-refractivity contribution is 1.32. The fraction of sp³-hybridized carbons (Fsp3) is 0.0769. The first-order chi connectivity index (χ1) is 6.92. The van der Waals surface area contributed by atoms with Gasteiger partial charge in [-0.05, 0) is 35.8 Å². The van der Waals surface area contributed by atoms with E-state index in [0.29, 0.717) is 0 Å². The first-order valence-electron chi connectivity index (χ1n) is 4.76. The van der Waals surface area contributed by atoms with E-state index in [2.05, 4.69) is 48.6 Å². The topological polar surface area (TPSA) is 0 Å². The van der Waals surface area contributed by atoms with E-state index in [4.69, 9.17) is 0 Å². The summed E-state index contributed by atoms with van der Waals surface area (Å²) < 4.78 is 0. The van der Waals surface area contributed by atoms with Crippen LogP contribution in [0.2, 0.25) is 0 Å². The Morgan fingerprint density at radius 3 is 2.50 bits per heavy atom. The van der Waals surface area contributed by atoms with Crippen LogP contribution < -0.4 is 0 Å². The van der Waals surface area contributed by atoms with Crippen molar-refractivity contribution in [3.63, 3.8) is 0 Å². The highest BCUT2D eigenvalue weighted by Gasteiger charge is 2.17. The molecule has 2 aliphatic rings. The Hall–Kier alpha value is -1.21. The monoisotopic (exact) mass is 198 g/mol. The molecule has 0 nitrogen and oxygen atoms in total. The second kappa shape index (κ2) is 3.18. The van der Waals surface area contributed by atoms with E-state index >= 15 is 0 Å². The van der Waals surface area contributed by atoms with Gasteiger partial charge in [0, 0.05) is 9.80 Å². The van der Waals surface area contributed by atoms with Gasteiger partial charge < -0.3 is 0 Å². The van der Waals surface area contributed by atoms with Crippen LogP contribution in [0.4, 0.5) is 0 Å². The zero-order chi connectivity index (χ0) is 9.38. The highest BCUT2D eigenvalue weighted by Crippen LogP contribution is 2.41. The summed E-state index contributed by atoms with van der Waals surface area (Å²) in [5.41, 5.74) is 2.94. The molecule has 0 aromatic heterocycles. The summed E-state index contributed by atoms with van der Waals surface area (Å²) in [6.45, 7) is 0. The zero-order valence-electron chi connectivity index (χ0n) is 7.73. The number of benzene rings is 1. The van der Waals surface area contributed by atoms with E-state index in [1.807, 2.05) is 11.8 Å². The molecule has 2 aliphatic carbocycles. The fourth-order valence-corrected chi connectivity index (χ4v) is 2.81. The molecule has 0 spiro atoms. The lowest BCUT2D eigenvalue weighted by atomic mass is 10.3. The molecule has 0 N–H and O–H groups in total. The SMILES string of the molecule is C1=CC2=C(Sc3ccccc3)C=C1C2. The average molecular weight is 198 g/mol. The van der Waals surface area contributed by atoms with E-state index < -0.39 is 0 Å². The van der Waals surface area contributed by atoms with Crippen LogP contribution in [-0.4, -0.2) is 0 Å². The van der Waals surface area contributed by atoms with E-state index in [0.717, 1.165) is 6.42 Å². The summed E-state index contributed by atoms with van der Waals surface area (Å²) in [6, 6.07) is 10.5. The van der Waals surface area contributed by atoms with Crippen molar-refractivity contribution in [1.29, 1.82) is 0 Å². The molecule has 2 bridgehead atoms. The summed E-state index contributed by atoms with van der Waals surface area (Å²) in [6.07, 6.45) is 7.90. The van der Waals surface area contributed by atoms with Gasteiger partial charge >= 0.3 is 0 Å². The second-order valence-corrected chi connectivity index (χ2v) is 4.65. The van der Waals surface area contributed by atoms with Crippen molar-refractivity contribution < 1.29 is 0 Å². The molecule has 0 saturated heterocycles. The van der Waals surface area contributed by atoms with Gasteiger partial charge in [-0.15, -0.1) is 0 Å². The highest BCUT2D eigenvalue weighted by molar-refractivity contribution is 8.03. The molecule has 68 valence electrons. The Morgan fingerprint density at radius 1 is 1.00 bits per heavy atom. The lowest BCUT2D eigenvalue weighted by Gasteiger charge is -2.02. The number of hydrogen-bond acceptors (Lipinski definition) is 1. The molecule has 0 radical (unpaired) electrons. The molecular formula is C13H10S. The van der Waals surface area contributed by atoms with Gasteiger partial charge in [-0.3, -0.25) is 0 Å². The van der Waals surface area contributed by atoms with Gasteiger partial charge in [-0.2, -0.15) is 0 Å². The van der Waals surface area contributed by atoms with Gasteiger partial charge in [-0.1, -0.05) is 42.1 Å². The largest absolute Gasteiger partial charge is 0.0898 e. The Bertz CT molecular complexity index is 449. The second-order valence-electron chi connectivity index (χ2n) is 3.53. The number of thioether (sulfide) groups is 1. The summed E-state index contributed by atoms with van der Waals surface area (Å²) in [5.74, 6) is 0. The van der Waals surface area contributed by atoms with Crippen LogP contribution in [0.25, 0.3) is 0 Å². The molecule has 0 unspecified atom stereocenters. The van der Waals surface area contributed by atoms with Crippen LogP contribution in [-0.2, 0) is 0 Å². The van der Waals surface area contributed by atoms with Crippen molar-refractivity contribution >= 4 is 11.8 Å². The minimum atomic E-state index is 1.15. The van der Waals surface area contributed by atoms with Crippen LogP contribution in [0.1, 0.15) is 6.42 Å². The number of hydrogen-bond donors (Lipinski definition) is 0. The van der Waals surface area contributed by atoms with Crippen molar-refractivity contribution in [2.24, 2.45) is 0 Å². The molecule has 1 aromatic carbocycles. The molecule has 14 heavy (non-hydrogen) atoms. The third-order valence-corrected chi connectivity index (χ3v) is 3.60. The number of rotatable bonds is 2. The molecule has 0 atom stereocenters. The van der Waals surface area contributed by atoms with Gasteiger partial charge in [0.25, 0.3) is 0 Å². The van der Waals surface area contributed by atoms with Gasteiger partial charge in [0.1, 0.15) is 0 Å². The zero-order valence-corrected chi connectivity index (χ0v) is 8.55. The summed E-state index contributed by atoms with van der Waals surface area (Å²) in [5, 5.41) is 0. The van der Waals surface area contributed by atoms with E-state index in [-0.39, 0.29) is 0 Å². The molecule has 0 fully saturated rings. The molecule has 0 saturated carbocycles. The van der Waals surface area contributed by atoms with Crippen LogP contribution in [0.15, 0.2) is 69.5 Å². The lowest BCUT2D eigenvalue weighted by Crippen LogP contribution is -1.76. The minimum Gasteiger partial charge on any atom is -0.0898 e. The van der Waals surface area contributed by atoms with Crippen LogP contribution in [0.5, 0.6) is 0 Å². The first kappa shape index (κ1) is 8.13. The Balaban J connectivity index is 1.88. The standard InChI is InChI=1S/C13H10S/c1-2-4-12(5-3-1)14-13-9-10-6-7-11(13)8-10/h1-7,9H,8H2. The van der Waals surface area contributed by atoms with Crippen molar-refractivity contribution in [2.45, 2.75) is 11.3 Å². The maximum atomic E-state index is 2.30. The van der Waals surface area contributed by atoms with Crippen molar-refractivity contribution in [2.75, 3.05) is 0 Å². The summed E-state index contributed by atoms with van der Waals surface area (Å²) in [4.78, 5) is 2.75. The quantitative estimate of drug-likeness (QED) is 0.693. The maximum absolute atomic E-state index is 2.30. The molecule has 0 aliphatic heterocycles. The summed E-state index contributed by atoms with van der Waals surface area (Å²) >= 11 is 1.87. The molecular weight excluding hydrogens is 188 g/mol. The van der Waals surface area contributed by atoms with Gasteiger partial charge in [0.15, 0.2) is 0 Å². The smallest absolute Gasteiger partial charge is 0.0160 e. The molecule has 3 rings (SSSR count). The van der Waals surface area contributed by atoms with Gasteiger partial charge in [0.2, 0.25) is 0 Å². The molecule has 0 heterocycles. The maximum Gasteiger partial charge on any atom is 0.0160 e. The predicted octanol–water partition coefficient (Wildman–Crippen LogP) is 3.93. The third kappa shape index (κ3) is 1.34. The van der Waals surface area contributed by atoms with Crippen molar-refractivity contribution in [3.05, 3.63) is 64.6 Å². The minimum absolute atomic E-state index is 1.15. The molecule has 1 heteroatoms. The molecule has 0 amide bonds. The highest BCUT2D eigenvalue weighted by atomic mass is 32.2. The Morgan fingerprint density at radius 2 is 1.86 bits per heavy atom. The van der Waals surface area contributed by atoms with E-state index in [9.17, 15) is 0 Å². The average Bonchev–Trinajstić information content (AvgIpc) is 2.81. The summed E-state index contributed by atoms with van der Waals surface area (Å²) in [7, 11) is 0. The van der Waals surface area contributed by atoms with Crippen LogP contribution >= 0.6 is 11.8 Å². The fourth-order valence-electron chi connectivity index (χ4n) is 1.79. The number of fused-ring (bicyclic) bond motifs is 2. The predicted molar refractivity (Wildman–Crippen MR) is 61.2 cm³/mol. The van der Waals surface area contributed by atoms with Gasteiger partial charge in [-0.25, -0.2) is 0 Å². The Kier molecular flexibility index (Phi) is 1.84. The third-order valence-electron chi connectivity index (χ3n) is 2.50. The normalized spacial score (nSPS) is 17.9. The Labute approximate surface area is 88.0 Å². The van der Waals surface area contributed by atoms with Crippen molar-refractivity contribution in [3.8, 4) is 0 Å². The van der Waals surface area contributed by atoms with Gasteiger partial charge in [0.05, 0.1) is 0 Å². The molecule has 1 aromatic rings. The van der Waals surface area contributed by atoms with Crippen LogP contribution in [0.3, 0.4) is 0 Å². The van der Waals surface area contributed by atoms with E-state index in [1.54, 1.807) is 0 Å². The van der Waals surface area contributed by atoms with E-state index in [1.165, 1.54) is 20.9 Å².